The van der Waals surface area contributed by atoms with Crippen LogP contribution in [0.1, 0.15) is 25.0 Å². The summed E-state index contributed by atoms with van der Waals surface area (Å²) < 4.78 is 11.0. The zero-order chi connectivity index (χ0) is 21.5. The molecule has 1 aliphatic rings. The molecule has 6 nitrogen and oxygen atoms in total. The molecule has 1 amide bonds. The van der Waals surface area contributed by atoms with Crippen molar-refractivity contribution in [3.05, 3.63) is 63.0 Å². The fourth-order valence-electron chi connectivity index (χ4n) is 2.62. The van der Waals surface area contributed by atoms with Gasteiger partial charge in [-0.1, -0.05) is 25.1 Å². The zero-order valence-corrected chi connectivity index (χ0v) is 19.0. The highest BCUT2D eigenvalue weighted by Crippen LogP contribution is 2.31. The number of aliphatic imine (C=N–C) groups is 1. The van der Waals surface area contributed by atoms with Crippen molar-refractivity contribution in [3.63, 3.8) is 0 Å². The van der Waals surface area contributed by atoms with Gasteiger partial charge in [-0.2, -0.15) is 0 Å². The van der Waals surface area contributed by atoms with Crippen LogP contribution < -0.4 is 10.1 Å². The van der Waals surface area contributed by atoms with Gasteiger partial charge in [-0.15, -0.1) is 0 Å². The molecule has 0 spiro atoms. The molecule has 1 saturated heterocycles. The van der Waals surface area contributed by atoms with Crippen molar-refractivity contribution in [2.24, 2.45) is 4.99 Å². The van der Waals surface area contributed by atoms with E-state index in [9.17, 15) is 9.59 Å². The number of amides is 1. The number of hydrogen-bond donors (Lipinski definition) is 1. The molecule has 0 aromatic heterocycles. The van der Waals surface area contributed by atoms with Crippen LogP contribution in [0.5, 0.6) is 5.75 Å². The third-order valence-electron chi connectivity index (χ3n) is 4.13. The molecule has 156 valence electrons. The number of thioether (sulfide) groups is 1. The van der Waals surface area contributed by atoms with Crippen LogP contribution in [-0.2, 0) is 20.7 Å². The summed E-state index contributed by atoms with van der Waals surface area (Å²) in [6, 6.07) is 13.3. The van der Waals surface area contributed by atoms with Crippen LogP contribution >= 0.6 is 27.7 Å². The fourth-order valence-corrected chi connectivity index (χ4v) is 3.97. The average Bonchev–Trinajstić information content (AvgIpc) is 3.07. The third kappa shape index (κ3) is 5.96. The molecule has 0 unspecified atom stereocenters. The highest BCUT2D eigenvalue weighted by Gasteiger charge is 2.24. The quantitative estimate of drug-likeness (QED) is 0.445. The van der Waals surface area contributed by atoms with Crippen LogP contribution in [-0.4, -0.2) is 30.3 Å². The van der Waals surface area contributed by atoms with Crippen LogP contribution in [0.3, 0.4) is 0 Å². The van der Waals surface area contributed by atoms with E-state index in [0.29, 0.717) is 26.9 Å². The number of halogens is 1. The summed E-state index contributed by atoms with van der Waals surface area (Å²) in [7, 11) is 0. The fraction of sp³-hybridized carbons (Fsp3) is 0.227. The summed E-state index contributed by atoms with van der Waals surface area (Å²) in [5, 5.41) is 3.34. The van der Waals surface area contributed by atoms with Gasteiger partial charge in [-0.05, 0) is 82.5 Å². The van der Waals surface area contributed by atoms with Crippen molar-refractivity contribution < 1.29 is 19.1 Å². The highest BCUT2D eigenvalue weighted by atomic mass is 79.9. The van der Waals surface area contributed by atoms with Crippen molar-refractivity contribution in [1.29, 1.82) is 0 Å². The Hall–Kier alpha value is -2.58. The lowest BCUT2D eigenvalue weighted by Crippen LogP contribution is -2.19. The number of carbonyl (C=O) groups excluding carboxylic acids is 2. The SMILES string of the molecule is CCOC(=O)COc1ccc(/C=C2/SC(=Nc3ccc(CC)cc3)NC2=O)cc1Br. The number of aryl methyl sites for hydroxylation is 1. The van der Waals surface area contributed by atoms with E-state index in [0.717, 1.165) is 17.7 Å². The molecule has 3 rings (SSSR count). The molecule has 1 heterocycles. The smallest absolute Gasteiger partial charge is 0.344 e. The predicted octanol–water partition coefficient (Wildman–Crippen LogP) is 4.85. The molecule has 0 saturated carbocycles. The number of benzene rings is 2. The van der Waals surface area contributed by atoms with Crippen LogP contribution in [0.2, 0.25) is 0 Å². The number of amidine groups is 1. The lowest BCUT2D eigenvalue weighted by atomic mass is 10.2. The van der Waals surface area contributed by atoms with Gasteiger partial charge < -0.3 is 14.8 Å². The lowest BCUT2D eigenvalue weighted by Gasteiger charge is -2.08. The molecule has 0 aliphatic carbocycles. The average molecular weight is 489 g/mol. The van der Waals surface area contributed by atoms with Gasteiger partial charge in [0, 0.05) is 0 Å². The number of ether oxygens (including phenoxy) is 2. The first-order chi connectivity index (χ1) is 14.5. The van der Waals surface area contributed by atoms with Gasteiger partial charge in [-0.3, -0.25) is 4.79 Å². The van der Waals surface area contributed by atoms with E-state index in [1.54, 1.807) is 19.1 Å². The first-order valence-electron chi connectivity index (χ1n) is 9.45. The van der Waals surface area contributed by atoms with E-state index in [1.807, 2.05) is 36.4 Å². The predicted molar refractivity (Wildman–Crippen MR) is 123 cm³/mol. The summed E-state index contributed by atoms with van der Waals surface area (Å²) in [6.45, 7) is 3.99. The number of hydrogen-bond acceptors (Lipinski definition) is 6. The van der Waals surface area contributed by atoms with Gasteiger partial charge in [0.15, 0.2) is 11.8 Å². The van der Waals surface area contributed by atoms with Crippen LogP contribution in [0, 0.1) is 0 Å². The summed E-state index contributed by atoms with van der Waals surface area (Å²) in [6.07, 6.45) is 2.75. The van der Waals surface area contributed by atoms with E-state index in [2.05, 4.69) is 33.2 Å². The molecule has 1 N–H and O–H groups in total. The Labute approximate surface area is 187 Å². The molecule has 0 radical (unpaired) electrons. The van der Waals surface area contributed by atoms with Crippen molar-refractivity contribution >= 4 is 56.5 Å². The number of nitrogens with zero attached hydrogens (tertiary/aromatic N) is 1. The molecule has 1 fully saturated rings. The number of carbonyl (C=O) groups is 2. The minimum absolute atomic E-state index is 0.163. The summed E-state index contributed by atoms with van der Waals surface area (Å²) in [5.74, 6) is -0.0973. The zero-order valence-electron chi connectivity index (χ0n) is 16.6. The maximum absolute atomic E-state index is 12.3. The molecule has 30 heavy (non-hydrogen) atoms. The van der Waals surface area contributed by atoms with Crippen molar-refractivity contribution in [1.82, 2.24) is 5.32 Å². The van der Waals surface area contributed by atoms with Gasteiger partial charge >= 0.3 is 5.97 Å². The van der Waals surface area contributed by atoms with Gasteiger partial charge in [0.05, 0.1) is 21.7 Å². The first-order valence-corrected chi connectivity index (χ1v) is 11.1. The van der Waals surface area contributed by atoms with E-state index < -0.39 is 5.97 Å². The minimum Gasteiger partial charge on any atom is -0.481 e. The lowest BCUT2D eigenvalue weighted by molar-refractivity contribution is -0.145. The van der Waals surface area contributed by atoms with E-state index in [-0.39, 0.29) is 12.5 Å². The molecule has 0 bridgehead atoms. The van der Waals surface area contributed by atoms with Crippen molar-refractivity contribution in [2.75, 3.05) is 13.2 Å². The Morgan fingerprint density at radius 2 is 1.97 bits per heavy atom. The summed E-state index contributed by atoms with van der Waals surface area (Å²) in [4.78, 5) is 28.8. The Morgan fingerprint density at radius 3 is 2.63 bits per heavy atom. The molecule has 2 aromatic carbocycles. The molecule has 0 atom stereocenters. The molecule has 1 aliphatic heterocycles. The molecule has 8 heteroatoms. The van der Waals surface area contributed by atoms with Gasteiger partial charge in [-0.25, -0.2) is 9.79 Å². The Morgan fingerprint density at radius 1 is 1.20 bits per heavy atom. The number of nitrogens with one attached hydrogen (secondary N) is 1. The van der Waals surface area contributed by atoms with Crippen molar-refractivity contribution in [2.45, 2.75) is 20.3 Å². The van der Waals surface area contributed by atoms with Crippen molar-refractivity contribution in [3.8, 4) is 5.75 Å². The number of rotatable bonds is 7. The topological polar surface area (TPSA) is 77.0 Å². The largest absolute Gasteiger partial charge is 0.481 e. The maximum Gasteiger partial charge on any atom is 0.344 e. The second-order valence-corrected chi connectivity index (χ2v) is 8.17. The standard InChI is InChI=1S/C22H21BrN2O4S/c1-3-14-5-8-16(9-6-14)24-22-25-21(27)19(30-22)12-15-7-10-18(17(23)11-15)29-13-20(26)28-4-2/h5-12H,3-4,13H2,1-2H3,(H,24,25,27)/b19-12+. The van der Waals surface area contributed by atoms with Crippen LogP contribution in [0.25, 0.3) is 6.08 Å². The highest BCUT2D eigenvalue weighted by molar-refractivity contribution is 9.10. The first kappa shape index (κ1) is 22.1. The Bertz CT molecular complexity index is 1000. The Kier molecular flexibility index (Phi) is 7.70. The van der Waals surface area contributed by atoms with E-state index in [4.69, 9.17) is 9.47 Å². The van der Waals surface area contributed by atoms with Gasteiger partial charge in [0.2, 0.25) is 0 Å². The molecular weight excluding hydrogens is 468 g/mol. The summed E-state index contributed by atoms with van der Waals surface area (Å²) >= 11 is 4.72. The summed E-state index contributed by atoms with van der Waals surface area (Å²) in [5.41, 5.74) is 2.85. The molecule has 2 aromatic rings. The van der Waals surface area contributed by atoms with E-state index in [1.165, 1.54) is 17.3 Å². The van der Waals surface area contributed by atoms with Crippen LogP contribution in [0.4, 0.5) is 5.69 Å². The normalized spacial score (nSPS) is 16.0. The van der Waals surface area contributed by atoms with E-state index >= 15 is 0 Å². The molecular formula is C22H21BrN2O4S. The minimum atomic E-state index is -0.425. The maximum atomic E-state index is 12.3. The van der Waals surface area contributed by atoms with Crippen LogP contribution in [0.15, 0.2) is 56.8 Å². The second kappa shape index (κ2) is 10.4. The van der Waals surface area contributed by atoms with Gasteiger partial charge in [0.1, 0.15) is 5.75 Å². The second-order valence-electron chi connectivity index (χ2n) is 6.29. The Balaban J connectivity index is 1.68. The number of esters is 1. The third-order valence-corrected chi connectivity index (χ3v) is 5.66. The monoisotopic (exact) mass is 488 g/mol. The van der Waals surface area contributed by atoms with Gasteiger partial charge in [0.25, 0.3) is 5.91 Å².